The summed E-state index contributed by atoms with van der Waals surface area (Å²) in [5, 5.41) is 3.05. The predicted octanol–water partition coefficient (Wildman–Crippen LogP) is 4.63. The molecule has 0 saturated heterocycles. The van der Waals surface area contributed by atoms with Crippen molar-refractivity contribution in [1.82, 2.24) is 14.5 Å². The van der Waals surface area contributed by atoms with Crippen molar-refractivity contribution in [1.29, 1.82) is 0 Å². The lowest BCUT2D eigenvalue weighted by atomic mass is 10.1. The third-order valence-corrected chi connectivity index (χ3v) is 6.18. The van der Waals surface area contributed by atoms with E-state index >= 15 is 0 Å². The van der Waals surface area contributed by atoms with Gasteiger partial charge in [-0.05, 0) is 42.3 Å². The van der Waals surface area contributed by atoms with Crippen LogP contribution in [0.2, 0.25) is 0 Å². The Morgan fingerprint density at radius 1 is 1.03 bits per heavy atom. The largest absolute Gasteiger partial charge is 0.496 e. The van der Waals surface area contributed by atoms with Gasteiger partial charge in [-0.3, -0.25) is 9.69 Å². The average Bonchev–Trinajstić information content (AvgIpc) is 3.21. The summed E-state index contributed by atoms with van der Waals surface area (Å²) < 4.78 is 7.92. The van der Waals surface area contributed by atoms with Crippen LogP contribution in [-0.2, 0) is 30.8 Å². The zero-order valence-electron chi connectivity index (χ0n) is 18.8. The van der Waals surface area contributed by atoms with Crippen LogP contribution < -0.4 is 10.1 Å². The van der Waals surface area contributed by atoms with Gasteiger partial charge in [0.05, 0.1) is 24.7 Å². The highest BCUT2D eigenvalue weighted by Gasteiger charge is 2.21. The van der Waals surface area contributed by atoms with E-state index in [4.69, 9.17) is 9.72 Å². The molecule has 0 radical (unpaired) electrons. The van der Waals surface area contributed by atoms with Gasteiger partial charge in [-0.1, -0.05) is 42.5 Å². The van der Waals surface area contributed by atoms with E-state index < -0.39 is 0 Å². The van der Waals surface area contributed by atoms with Gasteiger partial charge in [0, 0.05) is 37.3 Å². The number of nitrogens with one attached hydrogen (secondary N) is 1. The van der Waals surface area contributed by atoms with Gasteiger partial charge in [-0.2, -0.15) is 0 Å². The topological polar surface area (TPSA) is 59.4 Å². The Balaban J connectivity index is 1.26. The number of hydrogen-bond donors (Lipinski definition) is 1. The first-order valence-corrected chi connectivity index (χ1v) is 11.4. The molecule has 0 fully saturated rings. The number of hydrogen-bond acceptors (Lipinski definition) is 4. The number of nitrogens with zero attached hydrogens (tertiary/aromatic N) is 3. The fourth-order valence-electron chi connectivity index (χ4n) is 4.50. The number of ether oxygens (including phenoxy) is 1. The Morgan fingerprint density at radius 3 is 2.70 bits per heavy atom. The lowest BCUT2D eigenvalue weighted by molar-refractivity contribution is -0.116. The molecular weight excluding hydrogens is 412 g/mol. The number of para-hydroxylation sites is 2. The molecule has 0 spiro atoms. The van der Waals surface area contributed by atoms with E-state index in [-0.39, 0.29) is 5.91 Å². The number of fused-ring (bicyclic) bond motifs is 3. The van der Waals surface area contributed by atoms with Gasteiger partial charge in [0.1, 0.15) is 11.6 Å². The number of methoxy groups -OCH3 is 1. The van der Waals surface area contributed by atoms with Gasteiger partial charge < -0.3 is 14.6 Å². The number of amides is 1. The van der Waals surface area contributed by atoms with Crippen LogP contribution in [0.4, 0.5) is 5.69 Å². The standard InChI is InChI=1S/C27H28N4O2/c1-33-25-13-12-22(28-27(32)14-11-20-7-3-2-4-8-20)17-21(25)18-30-15-16-31-24-10-6-5-9-23(24)29-26(31)19-30/h2-10,12-13,17H,11,14-16,18-19H2,1H3,(H,28,32). The summed E-state index contributed by atoms with van der Waals surface area (Å²) in [5.41, 5.74) is 5.27. The number of aryl methyl sites for hydroxylation is 1. The van der Waals surface area contributed by atoms with Gasteiger partial charge in [0.2, 0.25) is 5.91 Å². The summed E-state index contributed by atoms with van der Waals surface area (Å²) in [6.07, 6.45) is 1.18. The molecule has 3 aromatic carbocycles. The molecule has 1 aromatic heterocycles. The fourth-order valence-corrected chi connectivity index (χ4v) is 4.50. The van der Waals surface area contributed by atoms with Crippen LogP contribution in [0.15, 0.2) is 72.8 Å². The van der Waals surface area contributed by atoms with Crippen molar-refractivity contribution < 1.29 is 9.53 Å². The molecule has 33 heavy (non-hydrogen) atoms. The maximum atomic E-state index is 12.5. The summed E-state index contributed by atoms with van der Waals surface area (Å²) >= 11 is 0. The van der Waals surface area contributed by atoms with E-state index in [9.17, 15) is 4.79 Å². The highest BCUT2D eigenvalue weighted by molar-refractivity contribution is 5.91. The normalized spacial score (nSPS) is 13.6. The second-order valence-corrected chi connectivity index (χ2v) is 8.44. The van der Waals surface area contributed by atoms with Crippen molar-refractivity contribution in [3.05, 3.63) is 89.7 Å². The van der Waals surface area contributed by atoms with Gasteiger partial charge in [-0.25, -0.2) is 4.98 Å². The van der Waals surface area contributed by atoms with Gasteiger partial charge in [-0.15, -0.1) is 0 Å². The Bertz CT molecular complexity index is 1270. The first-order valence-electron chi connectivity index (χ1n) is 11.4. The first-order chi connectivity index (χ1) is 16.2. The van der Waals surface area contributed by atoms with Crippen molar-refractivity contribution in [3.8, 4) is 5.75 Å². The highest BCUT2D eigenvalue weighted by Crippen LogP contribution is 2.27. The molecule has 4 aromatic rings. The number of carbonyl (C=O) groups excluding carboxylic acids is 1. The van der Waals surface area contributed by atoms with E-state index in [0.29, 0.717) is 6.42 Å². The first kappa shape index (κ1) is 21.2. The Labute approximate surface area is 193 Å². The third kappa shape index (κ3) is 4.76. The van der Waals surface area contributed by atoms with Crippen LogP contribution in [0.1, 0.15) is 23.4 Å². The van der Waals surface area contributed by atoms with Crippen molar-refractivity contribution in [3.63, 3.8) is 0 Å². The van der Waals surface area contributed by atoms with Crippen LogP contribution in [0.3, 0.4) is 0 Å². The molecule has 6 heteroatoms. The summed E-state index contributed by atoms with van der Waals surface area (Å²) in [5.74, 6) is 1.94. The van der Waals surface area contributed by atoms with Crippen LogP contribution in [0.25, 0.3) is 11.0 Å². The molecule has 1 N–H and O–H groups in total. The zero-order chi connectivity index (χ0) is 22.6. The Hall–Kier alpha value is -3.64. The smallest absolute Gasteiger partial charge is 0.224 e. The second-order valence-electron chi connectivity index (χ2n) is 8.44. The Kier molecular flexibility index (Phi) is 6.09. The summed E-state index contributed by atoms with van der Waals surface area (Å²) in [4.78, 5) is 19.7. The monoisotopic (exact) mass is 440 g/mol. The molecule has 0 saturated carbocycles. The van der Waals surface area contributed by atoms with E-state index in [0.717, 1.165) is 60.9 Å². The molecule has 0 atom stereocenters. The number of imidazole rings is 1. The van der Waals surface area contributed by atoms with Crippen molar-refractivity contribution in [2.24, 2.45) is 0 Å². The highest BCUT2D eigenvalue weighted by atomic mass is 16.5. The third-order valence-electron chi connectivity index (χ3n) is 6.18. The number of carbonyl (C=O) groups is 1. The lowest BCUT2D eigenvalue weighted by Gasteiger charge is -2.28. The molecule has 0 unspecified atom stereocenters. The van der Waals surface area contributed by atoms with Crippen molar-refractivity contribution in [2.45, 2.75) is 32.5 Å². The molecular formula is C27H28N4O2. The van der Waals surface area contributed by atoms with Gasteiger partial charge >= 0.3 is 0 Å². The second kappa shape index (κ2) is 9.46. The van der Waals surface area contributed by atoms with Crippen LogP contribution in [0, 0.1) is 0 Å². The number of benzene rings is 3. The molecule has 168 valence electrons. The minimum Gasteiger partial charge on any atom is -0.496 e. The number of anilines is 1. The minimum absolute atomic E-state index is 0.0154. The Morgan fingerprint density at radius 2 is 1.85 bits per heavy atom. The lowest BCUT2D eigenvalue weighted by Crippen LogP contribution is -2.33. The molecule has 1 aliphatic rings. The van der Waals surface area contributed by atoms with Gasteiger partial charge in [0.25, 0.3) is 0 Å². The van der Waals surface area contributed by atoms with Crippen molar-refractivity contribution >= 4 is 22.6 Å². The van der Waals surface area contributed by atoms with Crippen LogP contribution in [0.5, 0.6) is 5.75 Å². The molecule has 1 amide bonds. The summed E-state index contributed by atoms with van der Waals surface area (Å²) in [6.45, 7) is 3.36. The maximum absolute atomic E-state index is 12.5. The molecule has 5 rings (SSSR count). The molecule has 2 heterocycles. The molecule has 1 aliphatic heterocycles. The van der Waals surface area contributed by atoms with Gasteiger partial charge in [0.15, 0.2) is 0 Å². The average molecular weight is 441 g/mol. The van der Waals surface area contributed by atoms with E-state index in [1.165, 1.54) is 11.1 Å². The SMILES string of the molecule is COc1ccc(NC(=O)CCc2ccccc2)cc1CN1CCn2c(nc3ccccc32)C1. The zero-order valence-corrected chi connectivity index (χ0v) is 18.8. The predicted molar refractivity (Wildman–Crippen MR) is 130 cm³/mol. The van der Waals surface area contributed by atoms with Crippen molar-refractivity contribution in [2.75, 3.05) is 19.0 Å². The number of aromatic nitrogens is 2. The van der Waals surface area contributed by atoms with Crippen LogP contribution in [-0.4, -0.2) is 34.0 Å². The molecule has 0 aliphatic carbocycles. The quantitative estimate of drug-likeness (QED) is 0.455. The molecule has 6 nitrogen and oxygen atoms in total. The summed E-state index contributed by atoms with van der Waals surface area (Å²) in [7, 11) is 1.69. The maximum Gasteiger partial charge on any atom is 0.224 e. The van der Waals surface area contributed by atoms with Crippen LogP contribution >= 0.6 is 0 Å². The minimum atomic E-state index is 0.0154. The van der Waals surface area contributed by atoms with E-state index in [2.05, 4.69) is 33.0 Å². The van der Waals surface area contributed by atoms with E-state index in [1.807, 2.05) is 54.6 Å². The summed E-state index contributed by atoms with van der Waals surface area (Å²) in [6, 6.07) is 24.2. The number of rotatable bonds is 7. The fraction of sp³-hybridized carbons (Fsp3) is 0.259. The molecule has 0 bridgehead atoms. The van der Waals surface area contributed by atoms with E-state index in [1.54, 1.807) is 7.11 Å².